The molecular formula is C24H35N5O6S. The van der Waals surface area contributed by atoms with Crippen LogP contribution in [0, 0.1) is 6.92 Å². The lowest BCUT2D eigenvalue weighted by Gasteiger charge is -2.33. The van der Waals surface area contributed by atoms with E-state index in [-0.39, 0.29) is 17.2 Å². The summed E-state index contributed by atoms with van der Waals surface area (Å²) in [7, 11) is -3.81. The molecule has 12 heteroatoms. The number of ether oxygens (including phenoxy) is 1. The molecule has 2 heterocycles. The third kappa shape index (κ3) is 5.56. The van der Waals surface area contributed by atoms with E-state index in [9.17, 15) is 18.0 Å². The van der Waals surface area contributed by atoms with Crippen molar-refractivity contribution in [3.63, 3.8) is 0 Å². The van der Waals surface area contributed by atoms with E-state index in [4.69, 9.17) is 15.6 Å². The first-order valence-corrected chi connectivity index (χ1v) is 13.5. The van der Waals surface area contributed by atoms with Crippen LogP contribution in [0.2, 0.25) is 0 Å². The van der Waals surface area contributed by atoms with E-state index >= 15 is 0 Å². The predicted molar refractivity (Wildman–Crippen MR) is 136 cm³/mol. The van der Waals surface area contributed by atoms with Gasteiger partial charge in [-0.25, -0.2) is 8.42 Å². The maximum Gasteiger partial charge on any atom is 0.267 e. The second kappa shape index (κ2) is 11.9. The van der Waals surface area contributed by atoms with Gasteiger partial charge in [0.05, 0.1) is 29.5 Å². The smallest absolute Gasteiger partial charge is 0.267 e. The van der Waals surface area contributed by atoms with Crippen LogP contribution in [0.4, 0.5) is 5.69 Å². The van der Waals surface area contributed by atoms with Gasteiger partial charge in [-0.2, -0.15) is 4.31 Å². The number of anilines is 1. The zero-order chi connectivity index (χ0) is 26.5. The van der Waals surface area contributed by atoms with Crippen LogP contribution in [0.15, 0.2) is 23.1 Å². The molecule has 0 spiro atoms. The molecule has 0 aliphatic carbocycles. The molecule has 198 valence electrons. The van der Waals surface area contributed by atoms with E-state index in [0.717, 1.165) is 0 Å². The molecular weight excluding hydrogens is 486 g/mol. The van der Waals surface area contributed by atoms with Crippen molar-refractivity contribution in [2.24, 2.45) is 5.73 Å². The van der Waals surface area contributed by atoms with Crippen LogP contribution in [0.1, 0.15) is 52.4 Å². The lowest BCUT2D eigenvalue weighted by Crippen LogP contribution is -2.49. The Morgan fingerprint density at radius 3 is 2.47 bits per heavy atom. The number of aliphatic hydroxyl groups is 1. The quantitative estimate of drug-likeness (QED) is 0.354. The number of aldehydes is 1. The van der Waals surface area contributed by atoms with Gasteiger partial charge in [-0.1, -0.05) is 13.3 Å². The molecule has 3 rings (SSSR count). The summed E-state index contributed by atoms with van der Waals surface area (Å²) in [5.74, 6) is -0.325. The summed E-state index contributed by atoms with van der Waals surface area (Å²) < 4.78 is 35.5. The van der Waals surface area contributed by atoms with Gasteiger partial charge in [0.15, 0.2) is 6.29 Å². The van der Waals surface area contributed by atoms with Crippen molar-refractivity contribution in [2.45, 2.75) is 38.5 Å². The number of carbonyl (C=O) groups excluding carboxylic acids is 2. The minimum atomic E-state index is -3.81. The van der Waals surface area contributed by atoms with E-state index in [2.05, 4.69) is 5.43 Å². The van der Waals surface area contributed by atoms with E-state index < -0.39 is 15.9 Å². The molecule has 0 radical (unpaired) electrons. The number of hydrogen-bond donors (Lipinski definition) is 3. The molecule has 4 N–H and O–H groups in total. The van der Waals surface area contributed by atoms with Crippen molar-refractivity contribution in [2.75, 3.05) is 51.4 Å². The van der Waals surface area contributed by atoms with Crippen LogP contribution >= 0.6 is 0 Å². The average molecular weight is 522 g/mol. The first kappa shape index (κ1) is 27.7. The number of nitrogens with two attached hydrogens (primary N) is 1. The Labute approximate surface area is 211 Å². The summed E-state index contributed by atoms with van der Waals surface area (Å²) in [6, 6.07) is 4.53. The number of nitrogens with zero attached hydrogens (tertiary/aromatic N) is 3. The molecule has 1 aromatic heterocycles. The molecule has 1 aromatic carbocycles. The van der Waals surface area contributed by atoms with Crippen LogP contribution in [0.3, 0.4) is 0 Å². The molecule has 0 atom stereocenters. The number of hydrogen-bond acceptors (Lipinski definition) is 8. The Bertz CT molecular complexity index is 1200. The molecule has 0 saturated carbocycles. The maximum absolute atomic E-state index is 13.4. The molecule has 1 fully saturated rings. The standard InChI is InChI=1S/C24H35N5O6S/c1-4-6-21-19(16-31)17(3)23(24(25)32)29(21)26-20-15-18(7-8-22(20)35-5-2)36(33,34)28-11-9-27(10-12-28)13-14-30/h7-8,15-16,26,30H,4-6,9-14H2,1-3H3,(H2,25,32). The molecule has 36 heavy (non-hydrogen) atoms. The number of sulfonamides is 1. The fourth-order valence-corrected chi connectivity index (χ4v) is 5.92. The number of aromatic nitrogens is 1. The Balaban J connectivity index is 2.04. The third-order valence-electron chi connectivity index (χ3n) is 6.27. The minimum Gasteiger partial charge on any atom is -0.492 e. The first-order chi connectivity index (χ1) is 17.2. The summed E-state index contributed by atoms with van der Waals surface area (Å²) in [5, 5.41) is 9.14. The second-order valence-corrected chi connectivity index (χ2v) is 10.5. The molecule has 11 nitrogen and oxygen atoms in total. The number of carbonyl (C=O) groups is 2. The summed E-state index contributed by atoms with van der Waals surface area (Å²) in [4.78, 5) is 26.2. The Kier molecular flexibility index (Phi) is 9.12. The zero-order valence-electron chi connectivity index (χ0n) is 21.0. The van der Waals surface area contributed by atoms with Gasteiger partial charge in [-0.3, -0.25) is 24.6 Å². The first-order valence-electron chi connectivity index (χ1n) is 12.1. The minimum absolute atomic E-state index is 0.0265. The van der Waals surface area contributed by atoms with Crippen LogP contribution in [0.25, 0.3) is 0 Å². The summed E-state index contributed by atoms with van der Waals surface area (Å²) >= 11 is 0. The fourth-order valence-electron chi connectivity index (χ4n) is 4.47. The molecule has 1 aliphatic heterocycles. The van der Waals surface area contributed by atoms with Gasteiger partial charge in [0.25, 0.3) is 5.91 Å². The van der Waals surface area contributed by atoms with Gasteiger partial charge in [0, 0.05) is 38.3 Å². The van der Waals surface area contributed by atoms with Crippen molar-refractivity contribution in [3.05, 3.63) is 40.7 Å². The highest BCUT2D eigenvalue weighted by Gasteiger charge is 2.30. The van der Waals surface area contributed by atoms with E-state index in [1.807, 2.05) is 18.7 Å². The van der Waals surface area contributed by atoms with E-state index in [1.54, 1.807) is 13.0 Å². The van der Waals surface area contributed by atoms with Gasteiger partial charge >= 0.3 is 0 Å². The lowest BCUT2D eigenvalue weighted by atomic mass is 10.1. The monoisotopic (exact) mass is 521 g/mol. The molecule has 1 amide bonds. The van der Waals surface area contributed by atoms with E-state index in [0.29, 0.717) is 86.7 Å². The van der Waals surface area contributed by atoms with Crippen molar-refractivity contribution in [3.8, 4) is 5.75 Å². The van der Waals surface area contributed by atoms with Crippen LogP contribution in [0.5, 0.6) is 5.75 Å². The molecule has 1 aliphatic rings. The number of primary amides is 1. The SMILES string of the molecule is CCCc1c(C=O)c(C)c(C(N)=O)n1Nc1cc(S(=O)(=O)N2CCN(CCO)CC2)ccc1OCC. The molecule has 2 aromatic rings. The van der Waals surface area contributed by atoms with Crippen LogP contribution in [-0.2, 0) is 16.4 Å². The number of nitrogens with one attached hydrogen (secondary N) is 1. The number of amides is 1. The highest BCUT2D eigenvalue weighted by Crippen LogP contribution is 2.32. The molecule has 1 saturated heterocycles. The van der Waals surface area contributed by atoms with Crippen LogP contribution in [-0.4, -0.2) is 85.5 Å². The molecule has 0 unspecified atom stereocenters. The van der Waals surface area contributed by atoms with Gasteiger partial charge in [0.1, 0.15) is 11.4 Å². The number of rotatable bonds is 12. The third-order valence-corrected chi connectivity index (χ3v) is 8.16. The van der Waals surface area contributed by atoms with Gasteiger partial charge in [-0.05, 0) is 44.0 Å². The highest BCUT2D eigenvalue weighted by atomic mass is 32.2. The number of aliphatic hydroxyl groups excluding tert-OH is 1. The van der Waals surface area contributed by atoms with Gasteiger partial charge in [-0.15, -0.1) is 0 Å². The normalized spacial score (nSPS) is 15.1. The van der Waals surface area contributed by atoms with Crippen molar-refractivity contribution in [1.82, 2.24) is 13.9 Å². The zero-order valence-corrected chi connectivity index (χ0v) is 21.8. The highest BCUT2D eigenvalue weighted by molar-refractivity contribution is 7.89. The average Bonchev–Trinajstić information content (AvgIpc) is 3.11. The Hall–Kier alpha value is -2.93. The second-order valence-electron chi connectivity index (χ2n) is 8.57. The number of benzene rings is 1. The number of β-amino-alcohol motifs (C(OH)–C–C–N with tert-alkyl or cyclic N) is 1. The summed E-state index contributed by atoms with van der Waals surface area (Å²) in [6.07, 6.45) is 1.90. The fraction of sp³-hybridized carbons (Fsp3) is 0.500. The summed E-state index contributed by atoms with van der Waals surface area (Å²) in [5.41, 5.74) is 10.6. The largest absolute Gasteiger partial charge is 0.492 e. The van der Waals surface area contributed by atoms with Crippen LogP contribution < -0.4 is 15.9 Å². The van der Waals surface area contributed by atoms with Gasteiger partial charge in [0.2, 0.25) is 10.0 Å². The van der Waals surface area contributed by atoms with Crippen molar-refractivity contribution in [1.29, 1.82) is 0 Å². The summed E-state index contributed by atoms with van der Waals surface area (Å²) in [6.45, 7) is 7.96. The number of piperazine rings is 1. The van der Waals surface area contributed by atoms with E-state index in [1.165, 1.54) is 21.1 Å². The van der Waals surface area contributed by atoms with Crippen molar-refractivity contribution >= 4 is 27.9 Å². The predicted octanol–water partition coefficient (Wildman–Crippen LogP) is 1.23. The maximum atomic E-state index is 13.4. The Morgan fingerprint density at radius 2 is 1.92 bits per heavy atom. The Morgan fingerprint density at radius 1 is 1.22 bits per heavy atom. The lowest BCUT2D eigenvalue weighted by molar-refractivity contribution is 0.0992. The topological polar surface area (TPSA) is 147 Å². The van der Waals surface area contributed by atoms with Crippen molar-refractivity contribution < 1.29 is 27.9 Å². The van der Waals surface area contributed by atoms with Gasteiger partial charge < -0.3 is 15.6 Å². The molecule has 0 bridgehead atoms.